The number of hydrogen-bond donors (Lipinski definition) is 1. The maximum absolute atomic E-state index is 13.4. The highest BCUT2D eigenvalue weighted by molar-refractivity contribution is 5.54. The Hall–Kier alpha value is -1.95. The van der Waals surface area contributed by atoms with E-state index < -0.39 is 17.5 Å². The van der Waals surface area contributed by atoms with E-state index in [-0.39, 0.29) is 0 Å². The van der Waals surface area contributed by atoms with Crippen LogP contribution in [0.5, 0.6) is 5.75 Å². The van der Waals surface area contributed by atoms with E-state index in [0.717, 1.165) is 19.2 Å². The van der Waals surface area contributed by atoms with E-state index in [4.69, 9.17) is 4.74 Å². The fourth-order valence-electron chi connectivity index (χ4n) is 3.45. The predicted octanol–water partition coefficient (Wildman–Crippen LogP) is 3.47. The summed E-state index contributed by atoms with van der Waals surface area (Å²) >= 11 is 0. The van der Waals surface area contributed by atoms with Crippen LogP contribution in [0.1, 0.15) is 24.2 Å². The van der Waals surface area contributed by atoms with E-state index in [1.807, 2.05) is 0 Å². The third-order valence-electron chi connectivity index (χ3n) is 4.46. The van der Waals surface area contributed by atoms with Crippen LogP contribution in [0.2, 0.25) is 0 Å². The van der Waals surface area contributed by atoms with Gasteiger partial charge in [0, 0.05) is 12.8 Å². The smallest absolute Gasteiger partial charge is 0.431 e. The lowest BCUT2D eigenvalue weighted by Crippen LogP contribution is -2.47. The first-order valence-corrected chi connectivity index (χ1v) is 7.30. The molecular formula is C16H15F3N2O. The lowest BCUT2D eigenvalue weighted by atomic mass is 9.87. The highest BCUT2D eigenvalue weighted by Crippen LogP contribution is 2.47. The Morgan fingerprint density at radius 2 is 1.77 bits per heavy atom. The molecule has 4 rings (SSSR count). The lowest BCUT2D eigenvalue weighted by molar-refractivity contribution is -0.143. The fraction of sp³-hybridized carbons (Fsp3) is 0.375. The van der Waals surface area contributed by atoms with Crippen LogP contribution in [0.4, 0.5) is 13.2 Å². The molecule has 1 aromatic heterocycles. The molecule has 2 aliphatic rings. The van der Waals surface area contributed by atoms with Crippen molar-refractivity contribution in [3.63, 3.8) is 0 Å². The quantitative estimate of drug-likeness (QED) is 0.806. The van der Waals surface area contributed by atoms with Gasteiger partial charge in [-0.05, 0) is 37.4 Å². The molecule has 116 valence electrons. The molecule has 1 fully saturated rings. The Balaban J connectivity index is 1.97. The number of ether oxygens (including phenoxy) is 1. The van der Waals surface area contributed by atoms with Crippen molar-refractivity contribution in [2.24, 2.45) is 0 Å². The average molecular weight is 308 g/mol. The van der Waals surface area contributed by atoms with Crippen LogP contribution in [0.25, 0.3) is 5.69 Å². The second-order valence-corrected chi connectivity index (χ2v) is 5.75. The van der Waals surface area contributed by atoms with Crippen molar-refractivity contribution < 1.29 is 17.9 Å². The number of rotatable bonds is 0. The first-order chi connectivity index (χ1) is 10.5. The third-order valence-corrected chi connectivity index (χ3v) is 4.46. The average Bonchev–Trinajstić information content (AvgIpc) is 2.95. The van der Waals surface area contributed by atoms with Crippen molar-refractivity contribution in [2.45, 2.75) is 24.6 Å². The Kier molecular flexibility index (Phi) is 2.81. The summed E-state index contributed by atoms with van der Waals surface area (Å²) < 4.78 is 47.7. The summed E-state index contributed by atoms with van der Waals surface area (Å²) in [5, 5.41) is 3.24. The number of nitrogens with zero attached hydrogens (tertiary/aromatic N) is 1. The minimum atomic E-state index is -4.39. The molecule has 0 unspecified atom stereocenters. The van der Waals surface area contributed by atoms with Gasteiger partial charge in [0.1, 0.15) is 11.4 Å². The van der Waals surface area contributed by atoms with Gasteiger partial charge in [-0.15, -0.1) is 0 Å². The zero-order valence-corrected chi connectivity index (χ0v) is 11.8. The van der Waals surface area contributed by atoms with Gasteiger partial charge >= 0.3 is 6.18 Å². The van der Waals surface area contributed by atoms with Crippen LogP contribution >= 0.6 is 0 Å². The standard InChI is InChI=1S/C16H15F3N2O/c17-16(18,19)14-6-5-13-15(7-9-20-10-8-15)22-12-4-2-1-3-11(12)21(13)14/h1-6,20H,7-10H2. The van der Waals surface area contributed by atoms with Crippen molar-refractivity contribution in [3.8, 4) is 11.4 Å². The molecular weight excluding hydrogens is 293 g/mol. The fourth-order valence-corrected chi connectivity index (χ4v) is 3.45. The first kappa shape index (κ1) is 13.7. The molecule has 1 aromatic carbocycles. The molecule has 0 aliphatic carbocycles. The maximum atomic E-state index is 13.4. The van der Waals surface area contributed by atoms with E-state index in [0.29, 0.717) is 30.0 Å². The van der Waals surface area contributed by atoms with Crippen molar-refractivity contribution in [1.29, 1.82) is 0 Å². The SMILES string of the molecule is FC(F)(F)c1ccc2n1-c1ccccc1OC21CCNCC1. The summed E-state index contributed by atoms with van der Waals surface area (Å²) in [5.74, 6) is 0.513. The van der Waals surface area contributed by atoms with Gasteiger partial charge in [0.05, 0.1) is 11.4 Å². The minimum absolute atomic E-state index is 0.457. The summed E-state index contributed by atoms with van der Waals surface area (Å²) in [6.07, 6.45) is -3.08. The molecule has 6 heteroatoms. The van der Waals surface area contributed by atoms with E-state index in [1.54, 1.807) is 30.3 Å². The van der Waals surface area contributed by atoms with Crippen LogP contribution in [-0.4, -0.2) is 17.7 Å². The zero-order valence-electron chi connectivity index (χ0n) is 11.8. The van der Waals surface area contributed by atoms with E-state index >= 15 is 0 Å². The molecule has 3 nitrogen and oxygen atoms in total. The molecule has 22 heavy (non-hydrogen) atoms. The minimum Gasteiger partial charge on any atom is -0.479 e. The molecule has 1 saturated heterocycles. The number of fused-ring (bicyclic) bond motifs is 4. The van der Waals surface area contributed by atoms with Crippen LogP contribution in [0.15, 0.2) is 36.4 Å². The molecule has 3 heterocycles. The second-order valence-electron chi connectivity index (χ2n) is 5.75. The van der Waals surface area contributed by atoms with Gasteiger partial charge < -0.3 is 14.6 Å². The Labute approximate surface area is 125 Å². The van der Waals surface area contributed by atoms with Gasteiger partial charge in [0.2, 0.25) is 0 Å². The summed E-state index contributed by atoms with van der Waals surface area (Å²) in [6, 6.07) is 9.64. The maximum Gasteiger partial charge on any atom is 0.431 e. The molecule has 0 saturated carbocycles. The first-order valence-electron chi connectivity index (χ1n) is 7.30. The molecule has 1 N–H and O–H groups in total. The summed E-state index contributed by atoms with van der Waals surface area (Å²) in [7, 11) is 0. The van der Waals surface area contributed by atoms with E-state index in [1.165, 1.54) is 4.57 Å². The molecule has 2 aliphatic heterocycles. The molecule has 0 amide bonds. The van der Waals surface area contributed by atoms with Crippen LogP contribution < -0.4 is 10.1 Å². The number of piperidine rings is 1. The topological polar surface area (TPSA) is 26.2 Å². The van der Waals surface area contributed by atoms with Gasteiger partial charge in [0.25, 0.3) is 0 Å². The predicted molar refractivity (Wildman–Crippen MR) is 75.2 cm³/mol. The lowest BCUT2D eigenvalue weighted by Gasteiger charge is -2.42. The highest BCUT2D eigenvalue weighted by Gasteiger charge is 2.46. The zero-order chi connectivity index (χ0) is 15.4. The van der Waals surface area contributed by atoms with Gasteiger partial charge in [-0.2, -0.15) is 13.2 Å². The van der Waals surface area contributed by atoms with Crippen molar-refractivity contribution in [3.05, 3.63) is 47.8 Å². The number of aromatic nitrogens is 1. The molecule has 2 aromatic rings. The molecule has 0 radical (unpaired) electrons. The van der Waals surface area contributed by atoms with Crippen molar-refractivity contribution in [1.82, 2.24) is 9.88 Å². The number of para-hydroxylation sites is 2. The largest absolute Gasteiger partial charge is 0.479 e. The molecule has 0 bridgehead atoms. The third kappa shape index (κ3) is 1.86. The molecule has 1 spiro atoms. The Morgan fingerprint density at radius 3 is 2.50 bits per heavy atom. The summed E-state index contributed by atoms with van der Waals surface area (Å²) in [5.41, 5.74) is -0.265. The number of benzene rings is 1. The van der Waals surface area contributed by atoms with Crippen molar-refractivity contribution >= 4 is 0 Å². The Bertz CT molecular complexity index is 714. The highest BCUT2D eigenvalue weighted by atomic mass is 19.4. The van der Waals surface area contributed by atoms with Crippen LogP contribution in [-0.2, 0) is 11.8 Å². The van der Waals surface area contributed by atoms with Gasteiger partial charge in [-0.3, -0.25) is 0 Å². The van der Waals surface area contributed by atoms with Gasteiger partial charge in [-0.25, -0.2) is 0 Å². The van der Waals surface area contributed by atoms with Crippen LogP contribution in [0, 0.1) is 0 Å². The molecule has 0 atom stereocenters. The normalized spacial score (nSPS) is 19.4. The van der Waals surface area contributed by atoms with Gasteiger partial charge in [-0.1, -0.05) is 12.1 Å². The van der Waals surface area contributed by atoms with Gasteiger partial charge in [0.15, 0.2) is 5.60 Å². The van der Waals surface area contributed by atoms with E-state index in [9.17, 15) is 13.2 Å². The van der Waals surface area contributed by atoms with Crippen LogP contribution in [0.3, 0.4) is 0 Å². The monoisotopic (exact) mass is 308 g/mol. The number of nitrogens with one attached hydrogen (secondary N) is 1. The number of hydrogen-bond acceptors (Lipinski definition) is 2. The Morgan fingerprint density at radius 1 is 1.05 bits per heavy atom. The number of alkyl halides is 3. The number of halogens is 3. The van der Waals surface area contributed by atoms with E-state index in [2.05, 4.69) is 5.32 Å². The second kappa shape index (κ2) is 4.52. The summed E-state index contributed by atoms with van der Waals surface area (Å²) in [4.78, 5) is 0. The van der Waals surface area contributed by atoms with Crippen molar-refractivity contribution in [2.75, 3.05) is 13.1 Å². The summed E-state index contributed by atoms with van der Waals surface area (Å²) in [6.45, 7) is 1.46.